The molecule has 0 bridgehead atoms. The number of ether oxygens (including phenoxy) is 2. The van der Waals surface area contributed by atoms with Crippen molar-refractivity contribution in [3.63, 3.8) is 0 Å². The number of rotatable bonds is 8. The molecule has 0 atom stereocenters. The van der Waals surface area contributed by atoms with E-state index < -0.39 is 0 Å². The minimum Gasteiger partial charge on any atom is -0.496 e. The molecule has 7 nitrogen and oxygen atoms in total. The predicted molar refractivity (Wildman–Crippen MR) is 126 cm³/mol. The van der Waals surface area contributed by atoms with Gasteiger partial charge in [0.1, 0.15) is 17.1 Å². The minimum atomic E-state index is 0.530. The summed E-state index contributed by atoms with van der Waals surface area (Å²) in [5.74, 6) is 1.26. The smallest absolute Gasteiger partial charge is 0.141 e. The van der Waals surface area contributed by atoms with E-state index in [2.05, 4.69) is 47.1 Å². The lowest BCUT2D eigenvalue weighted by Crippen LogP contribution is -2.28. The fourth-order valence-corrected chi connectivity index (χ4v) is 4.25. The number of fused-ring (bicyclic) bond motifs is 1. The minimum absolute atomic E-state index is 0.530. The molecule has 0 saturated carbocycles. The molecule has 8 heteroatoms. The molecule has 0 aliphatic carbocycles. The van der Waals surface area contributed by atoms with Gasteiger partial charge in [0.05, 0.1) is 31.6 Å². The van der Waals surface area contributed by atoms with Crippen LogP contribution in [-0.4, -0.2) is 80.3 Å². The molecule has 1 aliphatic heterocycles. The molecule has 0 radical (unpaired) electrons. The molecule has 1 aliphatic rings. The summed E-state index contributed by atoms with van der Waals surface area (Å²) in [7, 11) is 7.48. The maximum atomic E-state index is 6.36. The van der Waals surface area contributed by atoms with Crippen LogP contribution in [-0.2, 0) is 0 Å². The highest BCUT2D eigenvalue weighted by Gasteiger charge is 2.21. The molecule has 0 N–H and O–H groups in total. The fourth-order valence-electron chi connectivity index (χ4n) is 4.01. The van der Waals surface area contributed by atoms with E-state index in [9.17, 15) is 0 Å². The molecule has 3 heterocycles. The molecule has 3 aromatic rings. The van der Waals surface area contributed by atoms with Gasteiger partial charge in [-0.05, 0) is 39.2 Å². The van der Waals surface area contributed by atoms with Crippen molar-refractivity contribution in [3.8, 4) is 22.8 Å². The van der Waals surface area contributed by atoms with Crippen molar-refractivity contribution in [3.05, 3.63) is 41.7 Å². The van der Waals surface area contributed by atoms with E-state index in [1.165, 1.54) is 12.1 Å². The van der Waals surface area contributed by atoms with E-state index in [1.54, 1.807) is 20.3 Å². The van der Waals surface area contributed by atoms with Gasteiger partial charge >= 0.3 is 0 Å². The van der Waals surface area contributed by atoms with Crippen LogP contribution in [0.25, 0.3) is 16.9 Å². The molecule has 2 aromatic heterocycles. The molecule has 31 heavy (non-hydrogen) atoms. The van der Waals surface area contributed by atoms with Crippen LogP contribution in [0.15, 0.2) is 36.7 Å². The van der Waals surface area contributed by atoms with Crippen molar-refractivity contribution in [1.29, 1.82) is 0 Å². The molecule has 0 spiro atoms. The Hall–Kier alpha value is -2.48. The van der Waals surface area contributed by atoms with Gasteiger partial charge in [-0.2, -0.15) is 0 Å². The number of benzene rings is 1. The third kappa shape index (κ3) is 4.74. The number of methoxy groups -OCH3 is 2. The molecule has 4 rings (SSSR count). The van der Waals surface area contributed by atoms with Crippen molar-refractivity contribution in [1.82, 2.24) is 19.2 Å². The zero-order valence-electron chi connectivity index (χ0n) is 18.6. The Morgan fingerprint density at radius 2 is 1.90 bits per heavy atom. The number of hydrogen-bond acceptors (Lipinski definition) is 6. The summed E-state index contributed by atoms with van der Waals surface area (Å²) in [4.78, 5) is 12.0. The first-order chi connectivity index (χ1) is 15.0. The Morgan fingerprint density at radius 1 is 1.10 bits per heavy atom. The second-order valence-electron chi connectivity index (χ2n) is 8.14. The van der Waals surface area contributed by atoms with Gasteiger partial charge in [0, 0.05) is 55.4 Å². The van der Waals surface area contributed by atoms with Gasteiger partial charge in [0.25, 0.3) is 0 Å². The van der Waals surface area contributed by atoms with Crippen LogP contribution in [0.5, 0.6) is 11.5 Å². The van der Waals surface area contributed by atoms with E-state index in [0.29, 0.717) is 16.5 Å². The highest BCUT2D eigenvalue weighted by atomic mass is 35.5. The molecule has 1 fully saturated rings. The molecule has 1 saturated heterocycles. The summed E-state index contributed by atoms with van der Waals surface area (Å²) in [5.41, 5.74) is 3.74. The lowest BCUT2D eigenvalue weighted by Gasteiger charge is -2.20. The van der Waals surface area contributed by atoms with Crippen LogP contribution < -0.4 is 14.4 Å². The standard InChI is InChI=1S/C23H30ClN5O2/c1-26(2)7-5-8-27-10-11-29(16-27)17-6-9-28-15-20(25-23(28)12-17)18-13-19(24)22(31-4)14-21(18)30-3/h6,9,12-15H,5,7-8,10-11,16H2,1-4H3. The predicted octanol–water partition coefficient (Wildman–Crippen LogP) is 3.70. The Balaban J connectivity index is 1.54. The zero-order chi connectivity index (χ0) is 22.0. The molecule has 0 amide bonds. The maximum absolute atomic E-state index is 6.36. The zero-order valence-corrected chi connectivity index (χ0v) is 19.4. The molecule has 166 valence electrons. The maximum Gasteiger partial charge on any atom is 0.141 e. The van der Waals surface area contributed by atoms with Crippen LogP contribution in [0.2, 0.25) is 5.02 Å². The highest BCUT2D eigenvalue weighted by Crippen LogP contribution is 2.38. The summed E-state index contributed by atoms with van der Waals surface area (Å²) in [6.07, 6.45) is 5.25. The number of anilines is 1. The average molecular weight is 444 g/mol. The number of hydrogen-bond donors (Lipinski definition) is 0. The quantitative estimate of drug-likeness (QED) is 0.529. The number of halogens is 1. The van der Waals surface area contributed by atoms with Gasteiger partial charge in [-0.1, -0.05) is 11.6 Å². The number of pyridine rings is 1. The topological polar surface area (TPSA) is 45.5 Å². The summed E-state index contributed by atoms with van der Waals surface area (Å²) < 4.78 is 12.9. The third-order valence-electron chi connectivity index (χ3n) is 5.70. The van der Waals surface area contributed by atoms with Gasteiger partial charge in [-0.15, -0.1) is 0 Å². The molecular weight excluding hydrogens is 414 g/mol. The molecular formula is C23H30ClN5O2. The highest BCUT2D eigenvalue weighted by molar-refractivity contribution is 6.32. The van der Waals surface area contributed by atoms with E-state index in [-0.39, 0.29) is 0 Å². The van der Waals surface area contributed by atoms with Crippen molar-refractivity contribution in [2.45, 2.75) is 6.42 Å². The lowest BCUT2D eigenvalue weighted by molar-refractivity contribution is 0.304. The lowest BCUT2D eigenvalue weighted by atomic mass is 10.1. The number of aromatic nitrogens is 2. The Morgan fingerprint density at radius 3 is 2.65 bits per heavy atom. The summed E-state index contributed by atoms with van der Waals surface area (Å²) in [6, 6.07) is 7.93. The van der Waals surface area contributed by atoms with E-state index in [4.69, 9.17) is 26.1 Å². The first kappa shape index (κ1) is 21.7. The van der Waals surface area contributed by atoms with Crippen molar-refractivity contribution >= 4 is 22.9 Å². The summed E-state index contributed by atoms with van der Waals surface area (Å²) >= 11 is 6.36. The second-order valence-corrected chi connectivity index (χ2v) is 8.55. The van der Waals surface area contributed by atoms with Crippen LogP contribution in [0, 0.1) is 0 Å². The third-order valence-corrected chi connectivity index (χ3v) is 5.99. The van der Waals surface area contributed by atoms with E-state index >= 15 is 0 Å². The molecule has 0 unspecified atom stereocenters. The Bertz CT molecular complexity index is 1050. The summed E-state index contributed by atoms with van der Waals surface area (Å²) in [5, 5.41) is 0.530. The number of imidazole rings is 1. The second kappa shape index (κ2) is 9.34. The van der Waals surface area contributed by atoms with Crippen LogP contribution in [0.3, 0.4) is 0 Å². The van der Waals surface area contributed by atoms with Crippen molar-refractivity contribution in [2.75, 3.05) is 66.1 Å². The van der Waals surface area contributed by atoms with Gasteiger partial charge < -0.3 is 23.7 Å². The van der Waals surface area contributed by atoms with Crippen LogP contribution in [0.4, 0.5) is 5.69 Å². The van der Waals surface area contributed by atoms with Gasteiger partial charge in [-0.25, -0.2) is 4.98 Å². The van der Waals surface area contributed by atoms with Crippen molar-refractivity contribution < 1.29 is 9.47 Å². The SMILES string of the molecule is COc1cc(OC)c(-c2cn3ccc(N4CCN(CCCN(C)C)C4)cc3n2)cc1Cl. The first-order valence-electron chi connectivity index (χ1n) is 10.5. The van der Waals surface area contributed by atoms with Crippen molar-refractivity contribution in [2.24, 2.45) is 0 Å². The van der Waals surface area contributed by atoms with Gasteiger partial charge in [0.15, 0.2) is 0 Å². The largest absolute Gasteiger partial charge is 0.496 e. The summed E-state index contributed by atoms with van der Waals surface area (Å²) in [6.45, 7) is 5.34. The van der Waals surface area contributed by atoms with Crippen LogP contribution >= 0.6 is 11.6 Å². The van der Waals surface area contributed by atoms with Gasteiger partial charge in [-0.3, -0.25) is 4.90 Å². The Kier molecular flexibility index (Phi) is 6.55. The fraction of sp³-hybridized carbons (Fsp3) is 0.435. The van der Waals surface area contributed by atoms with Gasteiger partial charge in [0.2, 0.25) is 0 Å². The first-order valence-corrected chi connectivity index (χ1v) is 10.9. The Labute approximate surface area is 188 Å². The molecule has 1 aromatic carbocycles. The normalized spacial score (nSPS) is 14.7. The number of nitrogens with zero attached hydrogens (tertiary/aromatic N) is 5. The van der Waals surface area contributed by atoms with E-state index in [1.807, 2.05) is 16.7 Å². The average Bonchev–Trinajstić information content (AvgIpc) is 3.39. The monoisotopic (exact) mass is 443 g/mol. The van der Waals surface area contributed by atoms with E-state index in [0.717, 1.165) is 49.8 Å². The van der Waals surface area contributed by atoms with Crippen LogP contribution in [0.1, 0.15) is 6.42 Å².